The molecule has 6 heteroatoms. The summed E-state index contributed by atoms with van der Waals surface area (Å²) in [6.45, 7) is 1.98. The third kappa shape index (κ3) is 2.60. The van der Waals surface area contributed by atoms with Crippen LogP contribution in [0.3, 0.4) is 0 Å². The van der Waals surface area contributed by atoms with E-state index in [-0.39, 0.29) is 11.9 Å². The average molecular weight is 335 g/mol. The maximum absolute atomic E-state index is 12.1. The van der Waals surface area contributed by atoms with Crippen molar-refractivity contribution in [1.29, 1.82) is 0 Å². The summed E-state index contributed by atoms with van der Waals surface area (Å²) in [5.41, 5.74) is 1.77. The van der Waals surface area contributed by atoms with E-state index >= 15 is 0 Å². The highest BCUT2D eigenvalue weighted by molar-refractivity contribution is 9.10. The number of benzene rings is 1. The molecule has 1 amide bonds. The van der Waals surface area contributed by atoms with Crippen molar-refractivity contribution in [3.8, 4) is 0 Å². The lowest BCUT2D eigenvalue weighted by molar-refractivity contribution is 0.0888. The van der Waals surface area contributed by atoms with E-state index in [4.69, 9.17) is 0 Å². The van der Waals surface area contributed by atoms with E-state index in [9.17, 15) is 4.79 Å². The van der Waals surface area contributed by atoms with Gasteiger partial charge in [0.2, 0.25) is 0 Å². The van der Waals surface area contributed by atoms with Crippen molar-refractivity contribution in [1.82, 2.24) is 20.1 Å². The molecule has 0 saturated heterocycles. The molecule has 1 aromatic heterocycles. The van der Waals surface area contributed by atoms with Gasteiger partial charge in [-0.1, -0.05) is 15.9 Å². The Bertz CT molecular complexity index is 620. The Labute approximate surface area is 125 Å². The van der Waals surface area contributed by atoms with Gasteiger partial charge in [-0.15, -0.1) is 0 Å². The standard InChI is InChI=1S/C14H15BrN4O/c1-9-4-10(2-3-13(9)15)14(20)18-11-5-12(6-11)19-8-16-7-17-19/h2-4,7-8,11-12H,5-6H2,1H3,(H,18,20). The van der Waals surface area contributed by atoms with E-state index < -0.39 is 0 Å². The first-order valence-corrected chi connectivity index (χ1v) is 7.34. The van der Waals surface area contributed by atoms with Gasteiger partial charge in [0.15, 0.2) is 0 Å². The smallest absolute Gasteiger partial charge is 0.251 e. The molecule has 1 aliphatic carbocycles. The molecular formula is C14H15BrN4O. The topological polar surface area (TPSA) is 59.8 Å². The Morgan fingerprint density at radius 1 is 1.45 bits per heavy atom. The van der Waals surface area contributed by atoms with Crippen molar-refractivity contribution >= 4 is 21.8 Å². The minimum atomic E-state index is -0.0114. The second-order valence-corrected chi connectivity index (χ2v) is 5.99. The molecule has 1 N–H and O–H groups in total. The normalized spacial score (nSPS) is 21.3. The first kappa shape index (κ1) is 13.3. The molecule has 1 aliphatic rings. The molecular weight excluding hydrogens is 320 g/mol. The number of halogens is 1. The minimum absolute atomic E-state index is 0.0114. The zero-order valence-corrected chi connectivity index (χ0v) is 12.7. The van der Waals surface area contributed by atoms with Gasteiger partial charge in [0.1, 0.15) is 12.7 Å². The van der Waals surface area contributed by atoms with E-state index in [0.717, 1.165) is 22.9 Å². The van der Waals surface area contributed by atoms with E-state index in [1.165, 1.54) is 6.33 Å². The van der Waals surface area contributed by atoms with Crippen LogP contribution < -0.4 is 5.32 Å². The Balaban J connectivity index is 1.57. The molecule has 0 spiro atoms. The monoisotopic (exact) mass is 334 g/mol. The van der Waals surface area contributed by atoms with Crippen LogP contribution in [0.5, 0.6) is 0 Å². The zero-order chi connectivity index (χ0) is 14.1. The van der Waals surface area contributed by atoms with Crippen LogP contribution in [0.1, 0.15) is 34.8 Å². The molecule has 0 radical (unpaired) electrons. The van der Waals surface area contributed by atoms with E-state index in [1.807, 2.05) is 29.8 Å². The first-order chi connectivity index (χ1) is 9.63. The van der Waals surface area contributed by atoms with Crippen LogP contribution in [0.2, 0.25) is 0 Å². The molecule has 0 unspecified atom stereocenters. The molecule has 3 rings (SSSR count). The molecule has 104 valence electrons. The Hall–Kier alpha value is -1.69. The number of carbonyl (C=O) groups excluding carboxylic acids is 1. The lowest BCUT2D eigenvalue weighted by Gasteiger charge is -2.35. The molecule has 1 aromatic carbocycles. The Morgan fingerprint density at radius 2 is 2.25 bits per heavy atom. The summed E-state index contributed by atoms with van der Waals surface area (Å²) < 4.78 is 2.87. The van der Waals surface area contributed by atoms with Crippen molar-refractivity contribution in [2.24, 2.45) is 0 Å². The highest BCUT2D eigenvalue weighted by atomic mass is 79.9. The number of aromatic nitrogens is 3. The molecule has 0 atom stereocenters. The maximum atomic E-state index is 12.1. The van der Waals surface area contributed by atoms with Gasteiger partial charge in [0.05, 0.1) is 6.04 Å². The van der Waals surface area contributed by atoms with E-state index in [0.29, 0.717) is 11.6 Å². The quantitative estimate of drug-likeness (QED) is 0.937. The minimum Gasteiger partial charge on any atom is -0.349 e. The number of nitrogens with one attached hydrogen (secondary N) is 1. The Morgan fingerprint density at radius 3 is 2.90 bits per heavy atom. The zero-order valence-electron chi connectivity index (χ0n) is 11.1. The maximum Gasteiger partial charge on any atom is 0.251 e. The molecule has 1 heterocycles. The second kappa shape index (κ2) is 5.36. The predicted octanol–water partition coefficient (Wildman–Crippen LogP) is 2.48. The number of aryl methyl sites for hydroxylation is 1. The highest BCUT2D eigenvalue weighted by Crippen LogP contribution is 2.31. The Kier molecular flexibility index (Phi) is 3.56. The van der Waals surface area contributed by atoms with Crippen molar-refractivity contribution in [2.45, 2.75) is 31.8 Å². The van der Waals surface area contributed by atoms with Gasteiger partial charge in [-0.2, -0.15) is 5.10 Å². The average Bonchev–Trinajstić information content (AvgIpc) is 2.89. The van der Waals surface area contributed by atoms with Crippen LogP contribution in [0, 0.1) is 6.92 Å². The summed E-state index contributed by atoms with van der Waals surface area (Å²) in [5.74, 6) is -0.0114. The van der Waals surface area contributed by atoms with Crippen molar-refractivity contribution < 1.29 is 4.79 Å². The number of rotatable bonds is 3. The summed E-state index contributed by atoms with van der Waals surface area (Å²) in [7, 11) is 0. The molecule has 0 aliphatic heterocycles. The van der Waals surface area contributed by atoms with Gasteiger partial charge < -0.3 is 5.32 Å². The van der Waals surface area contributed by atoms with Crippen LogP contribution >= 0.6 is 15.9 Å². The van der Waals surface area contributed by atoms with Gasteiger partial charge in [-0.25, -0.2) is 9.67 Å². The van der Waals surface area contributed by atoms with Crippen molar-refractivity contribution in [3.63, 3.8) is 0 Å². The first-order valence-electron chi connectivity index (χ1n) is 6.54. The number of amides is 1. The molecule has 5 nitrogen and oxygen atoms in total. The fourth-order valence-electron chi connectivity index (χ4n) is 2.38. The molecule has 1 saturated carbocycles. The van der Waals surface area contributed by atoms with Gasteiger partial charge in [-0.3, -0.25) is 4.79 Å². The second-order valence-electron chi connectivity index (χ2n) is 5.14. The van der Waals surface area contributed by atoms with E-state index in [2.05, 4.69) is 31.3 Å². The van der Waals surface area contributed by atoms with Crippen LogP contribution in [0.4, 0.5) is 0 Å². The van der Waals surface area contributed by atoms with E-state index in [1.54, 1.807) is 6.33 Å². The van der Waals surface area contributed by atoms with Crippen LogP contribution in [-0.4, -0.2) is 26.7 Å². The van der Waals surface area contributed by atoms with Crippen LogP contribution in [0.25, 0.3) is 0 Å². The van der Waals surface area contributed by atoms with Crippen LogP contribution in [0.15, 0.2) is 35.3 Å². The lowest BCUT2D eigenvalue weighted by Crippen LogP contribution is -2.45. The number of hydrogen-bond acceptors (Lipinski definition) is 3. The van der Waals surface area contributed by atoms with Gasteiger partial charge >= 0.3 is 0 Å². The summed E-state index contributed by atoms with van der Waals surface area (Å²) in [6.07, 6.45) is 5.08. The van der Waals surface area contributed by atoms with Crippen molar-refractivity contribution in [3.05, 3.63) is 46.5 Å². The molecule has 20 heavy (non-hydrogen) atoms. The van der Waals surface area contributed by atoms with Gasteiger partial charge in [-0.05, 0) is 43.5 Å². The summed E-state index contributed by atoms with van der Waals surface area (Å²) in [5, 5.41) is 7.17. The summed E-state index contributed by atoms with van der Waals surface area (Å²) in [4.78, 5) is 16.1. The highest BCUT2D eigenvalue weighted by Gasteiger charge is 2.32. The third-order valence-electron chi connectivity index (χ3n) is 3.68. The largest absolute Gasteiger partial charge is 0.349 e. The third-order valence-corrected chi connectivity index (χ3v) is 4.57. The number of hydrogen-bond donors (Lipinski definition) is 1. The van der Waals surface area contributed by atoms with Crippen LogP contribution in [-0.2, 0) is 0 Å². The van der Waals surface area contributed by atoms with Gasteiger partial charge in [0, 0.05) is 16.1 Å². The predicted molar refractivity (Wildman–Crippen MR) is 78.4 cm³/mol. The van der Waals surface area contributed by atoms with Gasteiger partial charge in [0.25, 0.3) is 5.91 Å². The van der Waals surface area contributed by atoms with Crippen molar-refractivity contribution in [2.75, 3.05) is 0 Å². The number of nitrogens with zero attached hydrogens (tertiary/aromatic N) is 3. The fraction of sp³-hybridized carbons (Fsp3) is 0.357. The summed E-state index contributed by atoms with van der Waals surface area (Å²) in [6, 6.07) is 6.21. The SMILES string of the molecule is Cc1cc(C(=O)NC2CC(n3cncn3)C2)ccc1Br. The summed E-state index contributed by atoms with van der Waals surface area (Å²) >= 11 is 3.44. The molecule has 0 bridgehead atoms. The molecule has 1 fully saturated rings. The molecule has 2 aromatic rings. The lowest BCUT2D eigenvalue weighted by atomic mass is 9.86. The number of carbonyl (C=O) groups is 1. The fourth-order valence-corrected chi connectivity index (χ4v) is 2.63.